The van der Waals surface area contributed by atoms with E-state index in [1.165, 1.54) is 23.1 Å². The number of amides is 3. The first-order valence-electron chi connectivity index (χ1n) is 9.85. The van der Waals surface area contributed by atoms with Crippen molar-refractivity contribution in [2.24, 2.45) is 0 Å². The number of hydrazine groups is 1. The number of benzene rings is 1. The quantitative estimate of drug-likeness (QED) is 0.266. The van der Waals surface area contributed by atoms with Crippen molar-refractivity contribution in [3.63, 3.8) is 0 Å². The van der Waals surface area contributed by atoms with Crippen LogP contribution in [0.3, 0.4) is 0 Å². The molecule has 3 amide bonds. The summed E-state index contributed by atoms with van der Waals surface area (Å²) in [6, 6.07) is 12.5. The van der Waals surface area contributed by atoms with Gasteiger partial charge in [-0.05, 0) is 49.1 Å². The zero-order valence-electron chi connectivity index (χ0n) is 17.7. The molecule has 0 saturated carbocycles. The van der Waals surface area contributed by atoms with Gasteiger partial charge in [0.1, 0.15) is 0 Å². The van der Waals surface area contributed by atoms with Gasteiger partial charge in [0.25, 0.3) is 11.8 Å². The molecule has 8 nitrogen and oxygen atoms in total. The summed E-state index contributed by atoms with van der Waals surface area (Å²) in [5.41, 5.74) is 8.04. The second kappa shape index (κ2) is 11.4. The largest absolute Gasteiger partial charge is 0.351 e. The molecule has 2 heterocycles. The summed E-state index contributed by atoms with van der Waals surface area (Å²) in [4.78, 5) is 45.3. The highest BCUT2D eigenvalue weighted by Crippen LogP contribution is 2.20. The molecule has 3 rings (SSSR count). The van der Waals surface area contributed by atoms with Crippen LogP contribution in [0.15, 0.2) is 53.0 Å². The Labute approximate surface area is 194 Å². The molecule has 2 aromatic heterocycles. The standard InChI is InChI=1S/C22H23N5O3S2/c1-14-12-15(2)25-22(24-14)32-13-16-5-7-17(8-6-16)20(29)27-26-19(28)9-10-23-21(30)18-4-3-11-31-18/h3-8,11-12H,9-10,13H2,1-2H3,(H,23,30)(H,26,28)(H,27,29). The molecule has 0 fully saturated rings. The summed E-state index contributed by atoms with van der Waals surface area (Å²) < 4.78 is 0. The third-order valence-electron chi connectivity index (χ3n) is 4.24. The van der Waals surface area contributed by atoms with Crippen LogP contribution < -0.4 is 16.2 Å². The second-order valence-electron chi connectivity index (χ2n) is 6.90. The number of nitrogens with zero attached hydrogens (tertiary/aromatic N) is 2. The summed E-state index contributed by atoms with van der Waals surface area (Å²) in [5, 5.41) is 5.19. The number of aromatic nitrogens is 2. The van der Waals surface area contributed by atoms with E-state index in [2.05, 4.69) is 26.1 Å². The van der Waals surface area contributed by atoms with Crippen molar-refractivity contribution in [2.45, 2.75) is 31.2 Å². The number of aryl methyl sites for hydroxylation is 2. The Hall–Kier alpha value is -3.24. The smallest absolute Gasteiger partial charge is 0.269 e. The van der Waals surface area contributed by atoms with E-state index in [0.717, 1.165) is 22.1 Å². The van der Waals surface area contributed by atoms with Crippen LogP contribution in [0.4, 0.5) is 0 Å². The maximum atomic E-state index is 12.2. The van der Waals surface area contributed by atoms with E-state index in [9.17, 15) is 14.4 Å². The highest BCUT2D eigenvalue weighted by molar-refractivity contribution is 7.98. The maximum Gasteiger partial charge on any atom is 0.269 e. The predicted octanol–water partition coefficient (Wildman–Crippen LogP) is 3.03. The van der Waals surface area contributed by atoms with Gasteiger partial charge in [-0.1, -0.05) is 30.0 Å². The highest BCUT2D eigenvalue weighted by atomic mass is 32.2. The lowest BCUT2D eigenvalue weighted by molar-refractivity contribution is -0.121. The van der Waals surface area contributed by atoms with E-state index in [-0.39, 0.29) is 18.9 Å². The van der Waals surface area contributed by atoms with Crippen molar-refractivity contribution in [2.75, 3.05) is 6.54 Å². The predicted molar refractivity (Wildman–Crippen MR) is 124 cm³/mol. The van der Waals surface area contributed by atoms with Gasteiger partial charge in [-0.25, -0.2) is 9.97 Å². The number of hydrogen-bond donors (Lipinski definition) is 3. The zero-order chi connectivity index (χ0) is 22.9. The lowest BCUT2D eigenvalue weighted by Gasteiger charge is -2.09. The van der Waals surface area contributed by atoms with Gasteiger partial charge in [-0.3, -0.25) is 25.2 Å². The molecule has 0 aliphatic rings. The van der Waals surface area contributed by atoms with Crippen molar-refractivity contribution in [3.8, 4) is 0 Å². The molecule has 0 unspecified atom stereocenters. The molecule has 0 spiro atoms. The number of nitrogens with one attached hydrogen (secondary N) is 3. The first-order chi connectivity index (χ1) is 15.4. The Bertz CT molecular complexity index is 1070. The fourth-order valence-corrected chi connectivity index (χ4v) is 4.25. The highest BCUT2D eigenvalue weighted by Gasteiger charge is 2.10. The Morgan fingerprint density at radius 1 is 0.969 bits per heavy atom. The molecule has 0 radical (unpaired) electrons. The minimum absolute atomic E-state index is 0.0497. The van der Waals surface area contributed by atoms with Gasteiger partial charge in [0.05, 0.1) is 4.88 Å². The molecule has 0 bridgehead atoms. The minimum atomic E-state index is -0.419. The van der Waals surface area contributed by atoms with Crippen molar-refractivity contribution in [1.82, 2.24) is 26.1 Å². The van der Waals surface area contributed by atoms with Crippen molar-refractivity contribution < 1.29 is 14.4 Å². The van der Waals surface area contributed by atoms with Crippen LogP contribution in [0.5, 0.6) is 0 Å². The average Bonchev–Trinajstić information content (AvgIpc) is 3.31. The molecule has 0 aliphatic heterocycles. The molecule has 166 valence electrons. The first kappa shape index (κ1) is 23.4. The fourth-order valence-electron chi connectivity index (χ4n) is 2.70. The van der Waals surface area contributed by atoms with E-state index in [1.807, 2.05) is 37.4 Å². The fraction of sp³-hybridized carbons (Fsp3) is 0.227. The summed E-state index contributed by atoms with van der Waals surface area (Å²) >= 11 is 2.86. The van der Waals surface area contributed by atoms with Crippen LogP contribution >= 0.6 is 23.1 Å². The van der Waals surface area contributed by atoms with Gasteiger partial charge >= 0.3 is 0 Å². The van der Waals surface area contributed by atoms with Gasteiger partial charge in [0, 0.05) is 35.7 Å². The molecule has 0 saturated heterocycles. The lowest BCUT2D eigenvalue weighted by atomic mass is 10.1. The number of thioether (sulfide) groups is 1. The number of thiophene rings is 1. The molecular formula is C22H23N5O3S2. The first-order valence-corrected chi connectivity index (χ1v) is 11.7. The van der Waals surface area contributed by atoms with Gasteiger partial charge in [-0.2, -0.15) is 0 Å². The Kier molecular flexibility index (Phi) is 8.34. The van der Waals surface area contributed by atoms with Crippen LogP contribution in [0, 0.1) is 13.8 Å². The van der Waals surface area contributed by atoms with Gasteiger partial charge in [0.2, 0.25) is 5.91 Å². The third-order valence-corrected chi connectivity index (χ3v) is 6.03. The average molecular weight is 470 g/mol. The van der Waals surface area contributed by atoms with Crippen LogP contribution in [0.2, 0.25) is 0 Å². The van der Waals surface area contributed by atoms with Gasteiger partial charge < -0.3 is 5.32 Å². The third kappa shape index (κ3) is 7.17. The minimum Gasteiger partial charge on any atom is -0.351 e. The molecule has 32 heavy (non-hydrogen) atoms. The Morgan fingerprint density at radius 2 is 1.69 bits per heavy atom. The van der Waals surface area contributed by atoms with Crippen LogP contribution in [-0.4, -0.2) is 34.2 Å². The molecule has 0 aliphatic carbocycles. The number of carbonyl (C=O) groups excluding carboxylic acids is 3. The van der Waals surface area contributed by atoms with Gasteiger partial charge in [0.15, 0.2) is 5.16 Å². The molecule has 10 heteroatoms. The van der Waals surface area contributed by atoms with Crippen LogP contribution in [0.25, 0.3) is 0 Å². The van der Waals surface area contributed by atoms with E-state index in [0.29, 0.717) is 16.2 Å². The van der Waals surface area contributed by atoms with Gasteiger partial charge in [-0.15, -0.1) is 11.3 Å². The normalized spacial score (nSPS) is 10.4. The number of hydrogen-bond acceptors (Lipinski definition) is 7. The summed E-state index contributed by atoms with van der Waals surface area (Å²) in [7, 11) is 0. The zero-order valence-corrected chi connectivity index (χ0v) is 19.3. The molecule has 3 N–H and O–H groups in total. The van der Waals surface area contributed by atoms with Crippen LogP contribution in [-0.2, 0) is 10.5 Å². The van der Waals surface area contributed by atoms with E-state index in [1.54, 1.807) is 24.3 Å². The number of rotatable bonds is 8. The number of carbonyl (C=O) groups is 3. The van der Waals surface area contributed by atoms with E-state index in [4.69, 9.17) is 0 Å². The SMILES string of the molecule is Cc1cc(C)nc(SCc2ccc(C(=O)NNC(=O)CCNC(=O)c3cccs3)cc2)n1. The Morgan fingerprint density at radius 3 is 2.34 bits per heavy atom. The van der Waals surface area contributed by atoms with Crippen LogP contribution in [0.1, 0.15) is 43.4 Å². The summed E-state index contributed by atoms with van der Waals surface area (Å²) in [6.07, 6.45) is 0.0497. The molecule has 0 atom stereocenters. The van der Waals surface area contributed by atoms with E-state index < -0.39 is 11.8 Å². The van der Waals surface area contributed by atoms with Crippen molar-refractivity contribution in [3.05, 3.63) is 75.2 Å². The second-order valence-corrected chi connectivity index (χ2v) is 8.79. The summed E-state index contributed by atoms with van der Waals surface area (Å²) in [5.74, 6) is -0.359. The van der Waals surface area contributed by atoms with E-state index >= 15 is 0 Å². The lowest BCUT2D eigenvalue weighted by Crippen LogP contribution is -2.42. The molecule has 1 aromatic carbocycles. The molecule has 3 aromatic rings. The summed E-state index contributed by atoms with van der Waals surface area (Å²) in [6.45, 7) is 4.05. The van der Waals surface area contributed by atoms with Crippen molar-refractivity contribution >= 4 is 40.8 Å². The molecular weight excluding hydrogens is 446 g/mol. The maximum absolute atomic E-state index is 12.2. The van der Waals surface area contributed by atoms with Crippen molar-refractivity contribution in [1.29, 1.82) is 0 Å². The monoisotopic (exact) mass is 469 g/mol. The topological polar surface area (TPSA) is 113 Å². The Balaban J connectivity index is 1.39.